The molecular formula is C21H24N6O. The molecule has 28 heavy (non-hydrogen) atoms. The zero-order valence-electron chi connectivity index (χ0n) is 16.4. The third-order valence-electron chi connectivity index (χ3n) is 4.74. The molecular weight excluding hydrogens is 352 g/mol. The van der Waals surface area contributed by atoms with Gasteiger partial charge in [0.2, 0.25) is 5.95 Å². The lowest BCUT2D eigenvalue weighted by atomic mass is 10.0. The number of carbonyl (C=O) groups is 1. The molecule has 2 heterocycles. The summed E-state index contributed by atoms with van der Waals surface area (Å²) < 4.78 is 0. The summed E-state index contributed by atoms with van der Waals surface area (Å²) in [5.41, 5.74) is 3.98. The lowest BCUT2D eigenvalue weighted by Crippen LogP contribution is -2.45. The predicted molar refractivity (Wildman–Crippen MR) is 109 cm³/mol. The van der Waals surface area contributed by atoms with Gasteiger partial charge in [0.05, 0.1) is 0 Å². The Bertz CT molecular complexity index is 901. The number of amides is 1. The summed E-state index contributed by atoms with van der Waals surface area (Å²) in [6.45, 7) is 8.78. The third kappa shape index (κ3) is 4.46. The number of aromatic nitrogens is 2. The van der Waals surface area contributed by atoms with Crippen LogP contribution in [0.1, 0.15) is 16.7 Å². The van der Waals surface area contributed by atoms with E-state index in [-0.39, 0.29) is 11.5 Å². The molecule has 0 spiro atoms. The van der Waals surface area contributed by atoms with Crippen molar-refractivity contribution in [1.29, 1.82) is 5.26 Å². The van der Waals surface area contributed by atoms with E-state index in [2.05, 4.69) is 20.2 Å². The van der Waals surface area contributed by atoms with E-state index in [4.69, 9.17) is 0 Å². The Morgan fingerprint density at radius 1 is 1.11 bits per heavy atom. The maximum atomic E-state index is 12.6. The van der Waals surface area contributed by atoms with Crippen LogP contribution in [-0.2, 0) is 4.79 Å². The fourth-order valence-corrected chi connectivity index (χ4v) is 3.38. The first-order chi connectivity index (χ1) is 13.5. The Morgan fingerprint density at radius 2 is 1.71 bits per heavy atom. The molecule has 1 saturated heterocycles. The molecule has 1 fully saturated rings. The van der Waals surface area contributed by atoms with Crippen molar-refractivity contribution in [3.8, 4) is 6.07 Å². The molecule has 1 aromatic heterocycles. The van der Waals surface area contributed by atoms with Gasteiger partial charge in [0.1, 0.15) is 11.6 Å². The zero-order chi connectivity index (χ0) is 20.1. The van der Waals surface area contributed by atoms with Crippen LogP contribution in [0, 0.1) is 32.1 Å². The lowest BCUT2D eigenvalue weighted by Gasteiger charge is -2.34. The minimum absolute atomic E-state index is 0.101. The van der Waals surface area contributed by atoms with Crippen molar-refractivity contribution >= 4 is 17.5 Å². The van der Waals surface area contributed by atoms with E-state index >= 15 is 0 Å². The molecule has 0 unspecified atom stereocenters. The van der Waals surface area contributed by atoms with Crippen molar-refractivity contribution in [2.75, 3.05) is 36.4 Å². The van der Waals surface area contributed by atoms with Crippen molar-refractivity contribution in [3.63, 3.8) is 0 Å². The Balaban J connectivity index is 1.66. The summed E-state index contributed by atoms with van der Waals surface area (Å²) >= 11 is 0. The summed E-state index contributed by atoms with van der Waals surface area (Å²) in [5.74, 6) is 0.320. The van der Waals surface area contributed by atoms with E-state index in [1.165, 1.54) is 0 Å². The quantitative estimate of drug-likeness (QED) is 0.652. The van der Waals surface area contributed by atoms with E-state index in [0.29, 0.717) is 19.0 Å². The average Bonchev–Trinajstić information content (AvgIpc) is 2.70. The zero-order valence-corrected chi connectivity index (χ0v) is 16.4. The SMILES string of the molecule is Cc1cc(C)c(NC(=O)/C(C#N)=C\N2CCN(c3ncccn3)CC2)c(C)c1. The van der Waals surface area contributed by atoms with E-state index in [0.717, 1.165) is 35.5 Å². The molecule has 1 N–H and O–H groups in total. The van der Waals surface area contributed by atoms with E-state index < -0.39 is 0 Å². The fourth-order valence-electron chi connectivity index (χ4n) is 3.38. The van der Waals surface area contributed by atoms with Crippen molar-refractivity contribution < 1.29 is 4.79 Å². The van der Waals surface area contributed by atoms with Crippen LogP contribution in [0.25, 0.3) is 0 Å². The number of nitriles is 1. The second-order valence-corrected chi connectivity index (χ2v) is 6.95. The highest BCUT2D eigenvalue weighted by Crippen LogP contribution is 2.22. The van der Waals surface area contributed by atoms with Crippen LogP contribution in [0.4, 0.5) is 11.6 Å². The predicted octanol–water partition coefficient (Wildman–Crippen LogP) is 2.57. The highest BCUT2D eigenvalue weighted by Gasteiger charge is 2.19. The number of nitrogens with one attached hydrogen (secondary N) is 1. The monoisotopic (exact) mass is 376 g/mol. The molecule has 1 aliphatic rings. The first-order valence-corrected chi connectivity index (χ1v) is 9.25. The minimum Gasteiger partial charge on any atom is -0.373 e. The molecule has 0 aliphatic carbocycles. The summed E-state index contributed by atoms with van der Waals surface area (Å²) in [6, 6.07) is 7.86. The Kier molecular flexibility index (Phi) is 5.90. The van der Waals surface area contributed by atoms with Gasteiger partial charge in [-0.2, -0.15) is 5.26 Å². The molecule has 144 valence electrons. The van der Waals surface area contributed by atoms with Gasteiger partial charge in [-0.05, 0) is 38.0 Å². The van der Waals surface area contributed by atoms with Crippen LogP contribution in [0.3, 0.4) is 0 Å². The van der Waals surface area contributed by atoms with Gasteiger partial charge in [-0.25, -0.2) is 9.97 Å². The van der Waals surface area contributed by atoms with Crippen LogP contribution in [-0.4, -0.2) is 47.0 Å². The molecule has 0 bridgehead atoms. The molecule has 1 amide bonds. The second kappa shape index (κ2) is 8.53. The molecule has 7 nitrogen and oxygen atoms in total. The topological polar surface area (TPSA) is 85.2 Å². The van der Waals surface area contributed by atoms with E-state index in [9.17, 15) is 10.1 Å². The molecule has 1 aliphatic heterocycles. The first-order valence-electron chi connectivity index (χ1n) is 9.25. The number of anilines is 2. The first kappa shape index (κ1) is 19.4. The standard InChI is InChI=1S/C21H24N6O/c1-15-11-16(2)19(17(3)12-15)25-20(28)18(13-22)14-26-7-9-27(10-8-26)21-23-5-4-6-24-21/h4-6,11-12,14H,7-10H2,1-3H3,(H,25,28)/b18-14-. The van der Waals surface area contributed by atoms with Crippen LogP contribution >= 0.6 is 0 Å². The fraction of sp³-hybridized carbons (Fsp3) is 0.333. The van der Waals surface area contributed by atoms with Crippen molar-refractivity contribution in [2.45, 2.75) is 20.8 Å². The maximum Gasteiger partial charge on any atom is 0.267 e. The van der Waals surface area contributed by atoms with Gasteiger partial charge in [-0.15, -0.1) is 0 Å². The third-order valence-corrected chi connectivity index (χ3v) is 4.74. The Morgan fingerprint density at radius 3 is 2.29 bits per heavy atom. The number of piperazine rings is 1. The average molecular weight is 376 g/mol. The van der Waals surface area contributed by atoms with Crippen LogP contribution in [0.15, 0.2) is 42.4 Å². The summed E-state index contributed by atoms with van der Waals surface area (Å²) in [7, 11) is 0. The largest absolute Gasteiger partial charge is 0.373 e. The smallest absolute Gasteiger partial charge is 0.267 e. The maximum absolute atomic E-state index is 12.6. The van der Waals surface area contributed by atoms with Crippen LogP contribution < -0.4 is 10.2 Å². The van der Waals surface area contributed by atoms with Crippen LogP contribution in [0.5, 0.6) is 0 Å². The van der Waals surface area contributed by atoms with E-state index in [1.807, 2.05) is 43.9 Å². The second-order valence-electron chi connectivity index (χ2n) is 6.95. The minimum atomic E-state index is -0.383. The number of carbonyl (C=O) groups excluding carboxylic acids is 1. The number of aryl methyl sites for hydroxylation is 3. The molecule has 1 aromatic carbocycles. The van der Waals surface area contributed by atoms with Gasteiger partial charge < -0.3 is 15.1 Å². The van der Waals surface area contributed by atoms with Gasteiger partial charge in [-0.3, -0.25) is 4.79 Å². The van der Waals surface area contributed by atoms with Gasteiger partial charge in [0.15, 0.2) is 0 Å². The van der Waals surface area contributed by atoms with Crippen molar-refractivity contribution in [1.82, 2.24) is 14.9 Å². The normalized spacial score (nSPS) is 14.6. The molecule has 2 aromatic rings. The molecule has 0 atom stereocenters. The van der Waals surface area contributed by atoms with Crippen molar-refractivity contribution in [3.05, 3.63) is 59.1 Å². The summed E-state index contributed by atoms with van der Waals surface area (Å²) in [6.07, 6.45) is 5.10. The Hall–Kier alpha value is -3.40. The molecule has 0 radical (unpaired) electrons. The molecule has 7 heteroatoms. The van der Waals surface area contributed by atoms with Crippen molar-refractivity contribution in [2.24, 2.45) is 0 Å². The number of rotatable bonds is 4. The molecule has 0 saturated carbocycles. The number of hydrogen-bond donors (Lipinski definition) is 1. The van der Waals surface area contributed by atoms with E-state index in [1.54, 1.807) is 24.7 Å². The van der Waals surface area contributed by atoms with Crippen LogP contribution in [0.2, 0.25) is 0 Å². The van der Waals surface area contributed by atoms with Gasteiger partial charge >= 0.3 is 0 Å². The molecule has 3 rings (SSSR count). The summed E-state index contributed by atoms with van der Waals surface area (Å²) in [4.78, 5) is 25.3. The van der Waals surface area contributed by atoms with Gasteiger partial charge in [0, 0.05) is 50.5 Å². The number of hydrogen-bond acceptors (Lipinski definition) is 6. The lowest BCUT2D eigenvalue weighted by molar-refractivity contribution is -0.112. The summed E-state index contributed by atoms with van der Waals surface area (Å²) in [5, 5.41) is 12.4. The Labute approximate surface area is 165 Å². The highest BCUT2D eigenvalue weighted by molar-refractivity contribution is 6.07. The number of benzene rings is 1. The number of nitrogens with zero attached hydrogens (tertiary/aromatic N) is 5. The van der Waals surface area contributed by atoms with Gasteiger partial charge in [0.25, 0.3) is 5.91 Å². The highest BCUT2D eigenvalue weighted by atomic mass is 16.1. The van der Waals surface area contributed by atoms with Gasteiger partial charge in [-0.1, -0.05) is 17.7 Å².